The highest BCUT2D eigenvalue weighted by Gasteiger charge is 2.32. The Balaban J connectivity index is 1.76. The molecule has 0 radical (unpaired) electrons. The topological polar surface area (TPSA) is 95.0 Å². The molecule has 0 spiro atoms. The van der Waals surface area contributed by atoms with Crippen LogP contribution in [0.15, 0.2) is 36.5 Å². The molecule has 0 unspecified atom stereocenters. The molecule has 33 heavy (non-hydrogen) atoms. The molecule has 1 amide bonds. The lowest BCUT2D eigenvalue weighted by Gasteiger charge is -2.34. The smallest absolute Gasteiger partial charge is 0.255 e. The fourth-order valence-electron chi connectivity index (χ4n) is 3.66. The maximum absolute atomic E-state index is 14.1. The number of piperidine rings is 1. The maximum atomic E-state index is 14.1. The van der Waals surface area contributed by atoms with Gasteiger partial charge in [-0.1, -0.05) is 5.92 Å². The number of hydrogen-bond donors (Lipinski definition) is 1. The predicted molar refractivity (Wildman–Crippen MR) is 121 cm³/mol. The summed E-state index contributed by atoms with van der Waals surface area (Å²) in [5.74, 6) is 5.80. The average Bonchev–Trinajstić information content (AvgIpc) is 3.14. The van der Waals surface area contributed by atoms with Gasteiger partial charge in [0.1, 0.15) is 16.8 Å². The Morgan fingerprint density at radius 3 is 2.52 bits per heavy atom. The molecule has 0 bridgehead atoms. The van der Waals surface area contributed by atoms with Crippen LogP contribution in [0, 0.1) is 23.2 Å². The monoisotopic (exact) mass is 445 g/mol. The molecule has 7 nitrogen and oxygen atoms in total. The lowest BCUT2D eigenvalue weighted by Crippen LogP contribution is -2.43. The van der Waals surface area contributed by atoms with Crippen LogP contribution in [-0.2, 0) is 0 Å². The van der Waals surface area contributed by atoms with Crippen molar-refractivity contribution in [2.24, 2.45) is 0 Å². The first kappa shape index (κ1) is 22.4. The SMILES string of the molecule is CC(C)(O)C#Cc1nc2cc(C(=O)N3CCC(C)(F)CC3)cnc2n1-c1ccc(C#N)cc1. The van der Waals surface area contributed by atoms with Crippen molar-refractivity contribution < 1.29 is 14.3 Å². The third kappa shape index (κ3) is 4.87. The van der Waals surface area contributed by atoms with Gasteiger partial charge in [-0.15, -0.1) is 0 Å². The Morgan fingerprint density at radius 2 is 1.91 bits per heavy atom. The summed E-state index contributed by atoms with van der Waals surface area (Å²) in [5, 5.41) is 19.1. The zero-order chi connectivity index (χ0) is 23.8. The minimum atomic E-state index is -1.24. The summed E-state index contributed by atoms with van der Waals surface area (Å²) in [5.41, 5.74) is 0.0783. The van der Waals surface area contributed by atoms with Crippen molar-refractivity contribution in [3.05, 3.63) is 53.5 Å². The van der Waals surface area contributed by atoms with Crippen molar-refractivity contribution in [3.63, 3.8) is 0 Å². The van der Waals surface area contributed by atoms with Gasteiger partial charge in [0.25, 0.3) is 5.91 Å². The van der Waals surface area contributed by atoms with Crippen LogP contribution in [0.1, 0.15) is 55.4 Å². The molecule has 1 aromatic carbocycles. The molecule has 8 heteroatoms. The van der Waals surface area contributed by atoms with E-state index in [0.717, 1.165) is 0 Å². The van der Waals surface area contributed by atoms with E-state index in [0.29, 0.717) is 59.7 Å². The number of amides is 1. The molecule has 4 rings (SSSR count). The van der Waals surface area contributed by atoms with Crippen LogP contribution in [-0.4, -0.2) is 54.8 Å². The van der Waals surface area contributed by atoms with Gasteiger partial charge in [-0.05, 0) is 69.9 Å². The Kier molecular flexibility index (Phi) is 5.65. The molecule has 2 aromatic heterocycles. The van der Waals surface area contributed by atoms with E-state index in [1.165, 1.54) is 6.20 Å². The van der Waals surface area contributed by atoms with Crippen molar-refractivity contribution in [1.29, 1.82) is 5.26 Å². The fourth-order valence-corrected chi connectivity index (χ4v) is 3.66. The first-order chi connectivity index (χ1) is 15.6. The van der Waals surface area contributed by atoms with Crippen molar-refractivity contribution in [2.45, 2.75) is 44.9 Å². The molecule has 1 saturated heterocycles. The molecule has 1 N–H and O–H groups in total. The Bertz CT molecular complexity index is 1310. The zero-order valence-electron chi connectivity index (χ0n) is 18.8. The van der Waals surface area contributed by atoms with E-state index in [1.807, 2.05) is 0 Å². The molecular weight excluding hydrogens is 421 g/mol. The molecule has 0 saturated carbocycles. The lowest BCUT2D eigenvalue weighted by molar-refractivity contribution is 0.0503. The highest BCUT2D eigenvalue weighted by Crippen LogP contribution is 2.27. The molecular formula is C25H24FN5O2. The van der Waals surface area contributed by atoms with E-state index >= 15 is 0 Å². The quantitative estimate of drug-likeness (QED) is 0.610. The number of imidazole rings is 1. The van der Waals surface area contributed by atoms with Gasteiger partial charge in [0.15, 0.2) is 11.5 Å². The van der Waals surface area contributed by atoms with Gasteiger partial charge in [0, 0.05) is 25.0 Å². The second-order valence-electron chi connectivity index (χ2n) is 9.01. The number of aliphatic hydroxyl groups is 1. The van der Waals surface area contributed by atoms with Crippen LogP contribution in [0.2, 0.25) is 0 Å². The normalized spacial score (nSPS) is 15.6. The number of halogens is 1. The molecule has 3 aromatic rings. The molecule has 3 heterocycles. The number of nitriles is 1. The Hall–Kier alpha value is -3.75. The predicted octanol–water partition coefficient (Wildman–Crippen LogP) is 3.38. The fraction of sp³-hybridized carbons (Fsp3) is 0.360. The molecule has 0 atom stereocenters. The number of carbonyl (C=O) groups excluding carboxylic acids is 1. The first-order valence-electron chi connectivity index (χ1n) is 10.7. The number of rotatable bonds is 2. The minimum absolute atomic E-state index is 0.211. The van der Waals surface area contributed by atoms with Crippen LogP contribution in [0.5, 0.6) is 0 Å². The van der Waals surface area contributed by atoms with Crippen molar-refractivity contribution in [1.82, 2.24) is 19.4 Å². The summed E-state index contributed by atoms with van der Waals surface area (Å²) < 4.78 is 15.8. The number of hydrogen-bond acceptors (Lipinski definition) is 5. The van der Waals surface area contributed by atoms with Gasteiger partial charge in [0.2, 0.25) is 0 Å². The van der Waals surface area contributed by atoms with E-state index in [4.69, 9.17) is 5.26 Å². The van der Waals surface area contributed by atoms with Crippen LogP contribution in [0.4, 0.5) is 4.39 Å². The standard InChI is InChI=1S/C25H24FN5O2/c1-24(2,33)9-8-21-29-20-14-18(23(32)30-12-10-25(3,26)11-13-30)16-28-22(20)31(21)19-6-4-17(15-27)5-7-19/h4-7,14,16,33H,10-13H2,1-3H3. The maximum Gasteiger partial charge on any atom is 0.255 e. The van der Waals surface area contributed by atoms with Crippen molar-refractivity contribution in [3.8, 4) is 23.6 Å². The average molecular weight is 445 g/mol. The third-order valence-electron chi connectivity index (χ3n) is 5.57. The second-order valence-corrected chi connectivity index (χ2v) is 9.01. The zero-order valence-corrected chi connectivity index (χ0v) is 18.8. The largest absolute Gasteiger partial charge is 0.378 e. The highest BCUT2D eigenvalue weighted by atomic mass is 19.1. The second kappa shape index (κ2) is 8.31. The van der Waals surface area contributed by atoms with E-state index in [9.17, 15) is 14.3 Å². The van der Waals surface area contributed by atoms with Gasteiger partial charge in [-0.2, -0.15) is 5.26 Å². The van der Waals surface area contributed by atoms with Crippen LogP contribution in [0.3, 0.4) is 0 Å². The number of fused-ring (bicyclic) bond motifs is 1. The lowest BCUT2D eigenvalue weighted by atomic mass is 9.95. The van der Waals surface area contributed by atoms with Crippen LogP contribution in [0.25, 0.3) is 16.9 Å². The van der Waals surface area contributed by atoms with Gasteiger partial charge in [-0.3, -0.25) is 9.36 Å². The van der Waals surface area contributed by atoms with E-state index in [-0.39, 0.29) is 5.91 Å². The number of likely N-dealkylation sites (tertiary alicyclic amines) is 1. The van der Waals surface area contributed by atoms with E-state index in [2.05, 4.69) is 27.9 Å². The molecule has 0 aliphatic carbocycles. The van der Waals surface area contributed by atoms with E-state index < -0.39 is 11.3 Å². The molecule has 168 valence electrons. The highest BCUT2D eigenvalue weighted by molar-refractivity contribution is 5.96. The Labute approximate surface area is 191 Å². The summed E-state index contributed by atoms with van der Waals surface area (Å²) in [6, 6.07) is 10.6. The Morgan fingerprint density at radius 1 is 1.24 bits per heavy atom. The molecule has 1 aliphatic rings. The third-order valence-corrected chi connectivity index (χ3v) is 5.57. The van der Waals surface area contributed by atoms with Crippen molar-refractivity contribution >= 4 is 17.1 Å². The first-order valence-corrected chi connectivity index (χ1v) is 10.7. The molecule has 1 fully saturated rings. The summed E-state index contributed by atoms with van der Waals surface area (Å²) in [4.78, 5) is 23.7. The minimum Gasteiger partial charge on any atom is -0.378 e. The van der Waals surface area contributed by atoms with Gasteiger partial charge in [0.05, 0.1) is 17.2 Å². The number of aromatic nitrogens is 3. The van der Waals surface area contributed by atoms with E-state index in [1.54, 1.807) is 60.6 Å². The van der Waals surface area contributed by atoms with Gasteiger partial charge >= 0.3 is 0 Å². The van der Waals surface area contributed by atoms with Gasteiger partial charge < -0.3 is 10.0 Å². The van der Waals surface area contributed by atoms with Crippen LogP contribution < -0.4 is 0 Å². The summed E-state index contributed by atoms with van der Waals surface area (Å²) in [7, 11) is 0. The van der Waals surface area contributed by atoms with Gasteiger partial charge in [-0.25, -0.2) is 14.4 Å². The van der Waals surface area contributed by atoms with Crippen molar-refractivity contribution in [2.75, 3.05) is 13.1 Å². The van der Waals surface area contributed by atoms with Crippen LogP contribution >= 0.6 is 0 Å². The number of benzene rings is 1. The molecule has 1 aliphatic heterocycles. The summed E-state index contributed by atoms with van der Waals surface area (Å²) in [6.45, 7) is 5.42. The summed E-state index contributed by atoms with van der Waals surface area (Å²) >= 11 is 0. The number of alkyl halides is 1. The number of nitrogens with zero attached hydrogens (tertiary/aromatic N) is 5. The number of pyridine rings is 1. The number of carbonyl (C=O) groups is 1. The summed E-state index contributed by atoms with van der Waals surface area (Å²) in [6.07, 6.45) is 2.10.